The minimum atomic E-state index is -0.554. The molecule has 184 valence electrons. The Balaban J connectivity index is 0.000000348. The Kier molecular flexibility index (Phi) is 7.15. The molecule has 0 amide bonds. The SMILES string of the molecule is C1=CC=CNC=C1.O=C(c1ccc(Cl)c([N+](=O)[O-])c1)C1C=c2c(ccc3c2=CCc2ccccc2-3)CC1. The van der Waals surface area contributed by atoms with Crippen molar-refractivity contribution in [2.24, 2.45) is 5.92 Å². The number of nitro benzene ring substituents is 1. The van der Waals surface area contributed by atoms with Crippen molar-refractivity contribution in [2.45, 2.75) is 19.3 Å². The highest BCUT2D eigenvalue weighted by Crippen LogP contribution is 2.29. The monoisotopic (exact) mass is 508 g/mol. The fourth-order valence-corrected chi connectivity index (χ4v) is 5.14. The number of halogens is 1. The van der Waals surface area contributed by atoms with E-state index < -0.39 is 4.92 Å². The molecule has 1 unspecified atom stereocenters. The van der Waals surface area contributed by atoms with E-state index in [0.717, 1.165) is 18.1 Å². The summed E-state index contributed by atoms with van der Waals surface area (Å²) in [7, 11) is 0. The molecular formula is C31H25ClN2O3. The van der Waals surface area contributed by atoms with Gasteiger partial charge in [0.15, 0.2) is 5.78 Å². The molecule has 0 saturated carbocycles. The molecule has 5 nitrogen and oxygen atoms in total. The van der Waals surface area contributed by atoms with Gasteiger partial charge in [-0.1, -0.05) is 72.3 Å². The molecule has 1 N–H and O–H groups in total. The lowest BCUT2D eigenvalue weighted by atomic mass is 9.82. The molecule has 1 aliphatic heterocycles. The molecule has 0 fully saturated rings. The molecule has 3 aromatic carbocycles. The summed E-state index contributed by atoms with van der Waals surface area (Å²) in [5.74, 6) is -0.412. The average Bonchev–Trinajstić information content (AvgIpc) is 3.26. The van der Waals surface area contributed by atoms with Gasteiger partial charge in [0.25, 0.3) is 5.69 Å². The van der Waals surface area contributed by atoms with Gasteiger partial charge in [-0.15, -0.1) is 0 Å². The lowest BCUT2D eigenvalue weighted by Crippen LogP contribution is -2.37. The van der Waals surface area contributed by atoms with Gasteiger partial charge >= 0.3 is 0 Å². The predicted octanol–water partition coefficient (Wildman–Crippen LogP) is 5.65. The first-order valence-electron chi connectivity index (χ1n) is 12.2. The summed E-state index contributed by atoms with van der Waals surface area (Å²) in [6.07, 6.45) is 18.2. The standard InChI is InChI=1S/C25H18ClNO3.C6H7N/c26-23-12-9-18(14-24(23)27(29)30)25(28)17-6-5-16-8-10-20-19-4-2-1-3-15(19)7-11-21(20)22(16)13-17;1-2-4-6-7-5-3-1/h1-4,8-14,17H,5-7H2;1-7H. The highest BCUT2D eigenvalue weighted by molar-refractivity contribution is 6.32. The van der Waals surface area contributed by atoms with Gasteiger partial charge in [-0.2, -0.15) is 0 Å². The van der Waals surface area contributed by atoms with Crippen molar-refractivity contribution in [1.82, 2.24) is 5.32 Å². The molecule has 1 heterocycles. The van der Waals surface area contributed by atoms with Gasteiger partial charge < -0.3 is 5.32 Å². The third-order valence-corrected chi connectivity index (χ3v) is 7.11. The number of nitrogens with one attached hydrogen (secondary N) is 1. The summed E-state index contributed by atoms with van der Waals surface area (Å²) in [5, 5.41) is 16.5. The number of carbonyl (C=O) groups excluding carboxylic acids is 1. The van der Waals surface area contributed by atoms with Crippen LogP contribution in [0.2, 0.25) is 5.02 Å². The second-order valence-electron chi connectivity index (χ2n) is 9.03. The summed E-state index contributed by atoms with van der Waals surface area (Å²) >= 11 is 5.90. The molecule has 0 aromatic heterocycles. The Bertz CT molecular complexity index is 1590. The normalized spacial score (nSPS) is 16.3. The smallest absolute Gasteiger partial charge is 0.288 e. The maximum atomic E-state index is 13.2. The van der Waals surface area contributed by atoms with E-state index in [1.54, 1.807) is 6.07 Å². The third kappa shape index (κ3) is 5.18. The van der Waals surface area contributed by atoms with Crippen LogP contribution in [-0.4, -0.2) is 10.7 Å². The third-order valence-electron chi connectivity index (χ3n) is 6.79. The molecule has 6 rings (SSSR count). The van der Waals surface area contributed by atoms with Gasteiger partial charge in [0, 0.05) is 29.9 Å². The van der Waals surface area contributed by atoms with E-state index in [-0.39, 0.29) is 22.4 Å². The van der Waals surface area contributed by atoms with Crippen LogP contribution in [0, 0.1) is 16.0 Å². The Labute approximate surface area is 219 Å². The summed E-state index contributed by atoms with van der Waals surface area (Å²) < 4.78 is 0. The molecule has 1 atom stereocenters. The molecule has 2 aliphatic carbocycles. The van der Waals surface area contributed by atoms with Crippen LogP contribution in [0.3, 0.4) is 0 Å². The highest BCUT2D eigenvalue weighted by atomic mass is 35.5. The number of ketones is 1. The van der Waals surface area contributed by atoms with E-state index in [9.17, 15) is 14.9 Å². The van der Waals surface area contributed by atoms with Crippen molar-refractivity contribution in [3.8, 4) is 11.1 Å². The maximum absolute atomic E-state index is 13.2. The molecule has 37 heavy (non-hydrogen) atoms. The minimum absolute atomic E-state index is 0.0388. The van der Waals surface area contributed by atoms with Gasteiger partial charge in [-0.3, -0.25) is 14.9 Å². The van der Waals surface area contributed by atoms with Gasteiger partial charge in [0.2, 0.25) is 0 Å². The highest BCUT2D eigenvalue weighted by Gasteiger charge is 2.25. The first-order valence-corrected chi connectivity index (χ1v) is 12.6. The number of nitrogens with zero attached hydrogens (tertiary/aromatic N) is 1. The molecule has 0 spiro atoms. The first kappa shape index (κ1) is 24.5. The summed E-state index contributed by atoms with van der Waals surface area (Å²) in [6.45, 7) is 0. The Morgan fingerprint density at radius 3 is 2.49 bits per heavy atom. The van der Waals surface area contributed by atoms with Crippen molar-refractivity contribution in [1.29, 1.82) is 0 Å². The summed E-state index contributed by atoms with van der Waals surface area (Å²) in [4.78, 5) is 23.8. The van der Waals surface area contributed by atoms with Crippen molar-refractivity contribution < 1.29 is 9.72 Å². The molecule has 0 bridgehead atoms. The van der Waals surface area contributed by atoms with Crippen LogP contribution >= 0.6 is 11.6 Å². The number of hydrogen-bond acceptors (Lipinski definition) is 4. The van der Waals surface area contributed by atoms with E-state index in [1.807, 2.05) is 42.8 Å². The van der Waals surface area contributed by atoms with Crippen molar-refractivity contribution in [2.75, 3.05) is 0 Å². The van der Waals surface area contributed by atoms with Gasteiger partial charge in [-0.05, 0) is 76.2 Å². The predicted molar refractivity (Wildman–Crippen MR) is 149 cm³/mol. The number of rotatable bonds is 3. The number of nitro groups is 1. The first-order chi connectivity index (χ1) is 18.0. The van der Waals surface area contributed by atoms with Crippen LogP contribution in [0.25, 0.3) is 23.3 Å². The number of fused-ring (bicyclic) bond motifs is 5. The van der Waals surface area contributed by atoms with E-state index in [2.05, 4.69) is 47.8 Å². The topological polar surface area (TPSA) is 72.2 Å². The van der Waals surface area contributed by atoms with E-state index in [0.29, 0.717) is 12.0 Å². The second kappa shape index (κ2) is 10.8. The Hall–Kier alpha value is -4.22. The molecule has 6 heteroatoms. The van der Waals surface area contributed by atoms with Crippen LogP contribution in [-0.2, 0) is 12.8 Å². The van der Waals surface area contributed by atoms with E-state index >= 15 is 0 Å². The largest absolute Gasteiger partial charge is 0.368 e. The minimum Gasteiger partial charge on any atom is -0.368 e. The van der Waals surface area contributed by atoms with Gasteiger partial charge in [0.05, 0.1) is 4.92 Å². The van der Waals surface area contributed by atoms with Crippen molar-refractivity contribution in [3.05, 3.63) is 134 Å². The molecule has 3 aromatic rings. The van der Waals surface area contributed by atoms with E-state index in [1.165, 1.54) is 39.6 Å². The molecule has 3 aliphatic rings. The zero-order valence-electron chi connectivity index (χ0n) is 20.1. The van der Waals surface area contributed by atoms with Crippen LogP contribution < -0.4 is 15.8 Å². The van der Waals surface area contributed by atoms with E-state index in [4.69, 9.17) is 11.6 Å². The van der Waals surface area contributed by atoms with Crippen LogP contribution in [0.15, 0.2) is 91.3 Å². The number of benzene rings is 3. The van der Waals surface area contributed by atoms with Gasteiger partial charge in [0.1, 0.15) is 5.02 Å². The Morgan fingerprint density at radius 2 is 1.70 bits per heavy atom. The Morgan fingerprint density at radius 1 is 0.919 bits per heavy atom. The zero-order valence-corrected chi connectivity index (χ0v) is 20.8. The fourth-order valence-electron chi connectivity index (χ4n) is 4.95. The van der Waals surface area contributed by atoms with Gasteiger partial charge in [-0.25, -0.2) is 0 Å². The molecule has 0 saturated heterocycles. The molecular weight excluding hydrogens is 484 g/mol. The lowest BCUT2D eigenvalue weighted by molar-refractivity contribution is -0.384. The number of Topliss-reactive ketones (excluding diaryl/α,β-unsaturated/α-hetero) is 1. The van der Waals surface area contributed by atoms with Crippen molar-refractivity contribution in [3.63, 3.8) is 0 Å². The maximum Gasteiger partial charge on any atom is 0.288 e. The molecule has 0 radical (unpaired) electrons. The van der Waals surface area contributed by atoms with Crippen LogP contribution in [0.4, 0.5) is 5.69 Å². The lowest BCUT2D eigenvalue weighted by Gasteiger charge is -2.21. The quantitative estimate of drug-likeness (QED) is 0.282. The second-order valence-corrected chi connectivity index (χ2v) is 9.44. The number of allylic oxidation sites excluding steroid dienone is 4. The summed E-state index contributed by atoms with van der Waals surface area (Å²) in [6, 6.07) is 17.0. The fraction of sp³-hybridized carbons (Fsp3) is 0.129. The number of aryl methyl sites for hydroxylation is 1. The number of carbonyl (C=O) groups is 1. The average molecular weight is 509 g/mol. The van der Waals surface area contributed by atoms with Crippen LogP contribution in [0.5, 0.6) is 0 Å². The van der Waals surface area contributed by atoms with Crippen molar-refractivity contribution >= 4 is 35.2 Å². The summed E-state index contributed by atoms with van der Waals surface area (Å²) in [5.41, 5.74) is 5.09. The zero-order chi connectivity index (χ0) is 25.8. The van der Waals surface area contributed by atoms with Crippen LogP contribution in [0.1, 0.15) is 27.9 Å². The number of hydrogen-bond donors (Lipinski definition) is 1.